The second kappa shape index (κ2) is 6.45. The van der Waals surface area contributed by atoms with Gasteiger partial charge in [-0.25, -0.2) is 13.1 Å². The van der Waals surface area contributed by atoms with Crippen LogP contribution in [0.25, 0.3) is 0 Å². The summed E-state index contributed by atoms with van der Waals surface area (Å²) in [6.07, 6.45) is 2.20. The fourth-order valence-corrected chi connectivity index (χ4v) is 4.55. The molecule has 1 fully saturated rings. The van der Waals surface area contributed by atoms with E-state index >= 15 is 0 Å². The Morgan fingerprint density at radius 1 is 1.47 bits per heavy atom. The van der Waals surface area contributed by atoms with Gasteiger partial charge in [0.05, 0.1) is 11.5 Å². The Morgan fingerprint density at radius 3 is 2.89 bits per heavy atom. The molecule has 1 heterocycles. The van der Waals surface area contributed by atoms with Crippen molar-refractivity contribution in [2.45, 2.75) is 29.6 Å². The molecule has 1 saturated heterocycles. The van der Waals surface area contributed by atoms with Crippen molar-refractivity contribution in [3.63, 3.8) is 0 Å². The standard InChI is InChI=1S/C12H16ClNO3S2/c13-12-4-3-11(6-9(12)8-15)19(16,17)14-7-10-2-1-5-18-10/h3-4,6,10,14-15H,1-2,5,7-8H2. The van der Waals surface area contributed by atoms with Gasteiger partial charge in [-0.3, -0.25) is 0 Å². The van der Waals surface area contributed by atoms with E-state index in [-0.39, 0.29) is 11.5 Å². The highest BCUT2D eigenvalue weighted by molar-refractivity contribution is 8.00. The maximum absolute atomic E-state index is 12.1. The summed E-state index contributed by atoms with van der Waals surface area (Å²) in [5.74, 6) is 1.10. The highest BCUT2D eigenvalue weighted by Gasteiger charge is 2.20. The first-order valence-electron chi connectivity index (χ1n) is 6.03. The molecule has 0 amide bonds. The van der Waals surface area contributed by atoms with E-state index in [0.717, 1.165) is 18.6 Å². The molecule has 106 valence electrons. The summed E-state index contributed by atoms with van der Waals surface area (Å²) in [5, 5.41) is 9.84. The number of thioether (sulfide) groups is 1. The monoisotopic (exact) mass is 321 g/mol. The number of benzene rings is 1. The molecular weight excluding hydrogens is 306 g/mol. The molecule has 1 aliphatic rings. The topological polar surface area (TPSA) is 66.4 Å². The third-order valence-corrected chi connectivity index (χ3v) is 6.21. The number of aliphatic hydroxyl groups is 1. The van der Waals surface area contributed by atoms with Gasteiger partial charge in [-0.05, 0) is 42.4 Å². The smallest absolute Gasteiger partial charge is 0.240 e. The highest BCUT2D eigenvalue weighted by atomic mass is 35.5. The van der Waals surface area contributed by atoms with Crippen LogP contribution < -0.4 is 4.72 Å². The molecule has 0 aromatic heterocycles. The normalized spacial score (nSPS) is 19.8. The minimum atomic E-state index is -3.53. The Kier molecular flexibility index (Phi) is 5.14. The number of hydrogen-bond donors (Lipinski definition) is 2. The van der Waals surface area contributed by atoms with E-state index in [1.807, 2.05) is 0 Å². The number of hydrogen-bond acceptors (Lipinski definition) is 4. The Hall–Kier alpha value is -0.270. The van der Waals surface area contributed by atoms with E-state index in [2.05, 4.69) is 4.72 Å². The third kappa shape index (κ3) is 3.86. The number of rotatable bonds is 5. The van der Waals surface area contributed by atoms with Crippen molar-refractivity contribution < 1.29 is 13.5 Å². The van der Waals surface area contributed by atoms with Crippen molar-refractivity contribution in [3.05, 3.63) is 28.8 Å². The maximum Gasteiger partial charge on any atom is 0.240 e. The number of aliphatic hydroxyl groups excluding tert-OH is 1. The quantitative estimate of drug-likeness (QED) is 0.870. The fourth-order valence-electron chi connectivity index (χ4n) is 1.93. The third-order valence-electron chi connectivity index (χ3n) is 3.02. The molecule has 19 heavy (non-hydrogen) atoms. The number of nitrogens with one attached hydrogen (secondary N) is 1. The summed E-state index contributed by atoms with van der Waals surface area (Å²) in [7, 11) is -3.53. The molecule has 0 radical (unpaired) electrons. The van der Waals surface area contributed by atoms with Crippen LogP contribution in [0.15, 0.2) is 23.1 Å². The Bertz CT molecular complexity index is 542. The number of halogens is 1. The molecule has 1 atom stereocenters. The van der Waals surface area contributed by atoms with Crippen molar-refractivity contribution >= 4 is 33.4 Å². The van der Waals surface area contributed by atoms with Crippen molar-refractivity contribution in [2.24, 2.45) is 0 Å². The van der Waals surface area contributed by atoms with Gasteiger partial charge >= 0.3 is 0 Å². The van der Waals surface area contributed by atoms with Crippen LogP contribution in [0.4, 0.5) is 0 Å². The molecule has 1 unspecified atom stereocenters. The summed E-state index contributed by atoms with van der Waals surface area (Å²) in [6, 6.07) is 4.35. The zero-order valence-electron chi connectivity index (χ0n) is 10.3. The first-order chi connectivity index (χ1) is 9.03. The van der Waals surface area contributed by atoms with Crippen LogP contribution in [0.2, 0.25) is 5.02 Å². The minimum Gasteiger partial charge on any atom is -0.392 e. The van der Waals surface area contributed by atoms with Crippen LogP contribution in [0.1, 0.15) is 18.4 Å². The van der Waals surface area contributed by atoms with E-state index in [4.69, 9.17) is 16.7 Å². The summed E-state index contributed by atoms with van der Waals surface area (Å²) in [4.78, 5) is 0.143. The SMILES string of the molecule is O=S(=O)(NCC1CCCS1)c1ccc(Cl)c(CO)c1. The largest absolute Gasteiger partial charge is 0.392 e. The van der Waals surface area contributed by atoms with Gasteiger partial charge in [0, 0.05) is 16.8 Å². The Balaban J connectivity index is 2.10. The van der Waals surface area contributed by atoms with E-state index in [0.29, 0.717) is 22.4 Å². The summed E-state index contributed by atoms with van der Waals surface area (Å²) >= 11 is 7.65. The molecule has 7 heteroatoms. The van der Waals surface area contributed by atoms with Crippen LogP contribution in [-0.2, 0) is 16.6 Å². The summed E-state index contributed by atoms with van der Waals surface area (Å²) < 4.78 is 26.9. The second-order valence-corrected chi connectivity index (χ2v) is 7.98. The average molecular weight is 322 g/mol. The molecule has 4 nitrogen and oxygen atoms in total. The molecule has 0 spiro atoms. The van der Waals surface area contributed by atoms with Crippen LogP contribution in [0.5, 0.6) is 0 Å². The predicted octanol–water partition coefficient (Wildman–Crippen LogP) is 2.01. The zero-order valence-corrected chi connectivity index (χ0v) is 12.7. The van der Waals surface area contributed by atoms with Crippen LogP contribution in [0.3, 0.4) is 0 Å². The molecule has 1 aromatic rings. The average Bonchev–Trinajstić information content (AvgIpc) is 2.90. The molecule has 0 bridgehead atoms. The van der Waals surface area contributed by atoms with E-state index in [9.17, 15) is 8.42 Å². The van der Waals surface area contributed by atoms with Crippen LogP contribution in [-0.4, -0.2) is 31.1 Å². The lowest BCUT2D eigenvalue weighted by Crippen LogP contribution is -2.29. The van der Waals surface area contributed by atoms with Gasteiger partial charge in [0.15, 0.2) is 0 Å². The van der Waals surface area contributed by atoms with Crippen LogP contribution in [0, 0.1) is 0 Å². The van der Waals surface area contributed by atoms with Crippen molar-refractivity contribution in [2.75, 3.05) is 12.3 Å². The van der Waals surface area contributed by atoms with Gasteiger partial charge in [-0.2, -0.15) is 11.8 Å². The first-order valence-corrected chi connectivity index (χ1v) is 8.94. The van der Waals surface area contributed by atoms with E-state index in [1.54, 1.807) is 11.8 Å². The van der Waals surface area contributed by atoms with Gasteiger partial charge in [-0.15, -0.1) is 0 Å². The molecule has 0 saturated carbocycles. The summed E-state index contributed by atoms with van der Waals surface area (Å²) in [6.45, 7) is 0.171. The maximum atomic E-state index is 12.1. The van der Waals surface area contributed by atoms with Gasteiger partial charge in [0.1, 0.15) is 0 Å². The van der Waals surface area contributed by atoms with Crippen molar-refractivity contribution in [3.8, 4) is 0 Å². The van der Waals surface area contributed by atoms with Crippen LogP contribution >= 0.6 is 23.4 Å². The molecule has 1 aromatic carbocycles. The molecular formula is C12H16ClNO3S2. The van der Waals surface area contributed by atoms with Gasteiger partial charge < -0.3 is 5.11 Å². The van der Waals surface area contributed by atoms with Gasteiger partial charge in [0.2, 0.25) is 10.0 Å². The van der Waals surface area contributed by atoms with Gasteiger partial charge in [-0.1, -0.05) is 11.6 Å². The minimum absolute atomic E-state index is 0.143. The highest BCUT2D eigenvalue weighted by Crippen LogP contribution is 2.26. The lowest BCUT2D eigenvalue weighted by atomic mass is 10.2. The van der Waals surface area contributed by atoms with E-state index in [1.165, 1.54) is 18.2 Å². The molecule has 2 N–H and O–H groups in total. The lowest BCUT2D eigenvalue weighted by Gasteiger charge is -2.12. The van der Waals surface area contributed by atoms with Crippen molar-refractivity contribution in [1.29, 1.82) is 0 Å². The second-order valence-electron chi connectivity index (χ2n) is 4.40. The fraction of sp³-hybridized carbons (Fsp3) is 0.500. The predicted molar refractivity (Wildman–Crippen MR) is 78.0 cm³/mol. The Labute approximate surface area is 122 Å². The lowest BCUT2D eigenvalue weighted by molar-refractivity contribution is 0.281. The van der Waals surface area contributed by atoms with Crippen molar-refractivity contribution in [1.82, 2.24) is 4.72 Å². The molecule has 0 aliphatic carbocycles. The molecule has 1 aliphatic heterocycles. The molecule has 2 rings (SSSR count). The van der Waals surface area contributed by atoms with Gasteiger partial charge in [0.25, 0.3) is 0 Å². The Morgan fingerprint density at radius 2 is 2.26 bits per heavy atom. The first kappa shape index (κ1) is 15.1. The van der Waals surface area contributed by atoms with E-state index < -0.39 is 10.0 Å². The summed E-state index contributed by atoms with van der Waals surface area (Å²) in [5.41, 5.74) is 0.416. The number of sulfonamides is 1. The zero-order chi connectivity index (χ0) is 13.9.